The van der Waals surface area contributed by atoms with E-state index in [1.54, 1.807) is 0 Å². The number of hydrogen-bond donors (Lipinski definition) is 0. The van der Waals surface area contributed by atoms with Crippen molar-refractivity contribution in [2.45, 2.75) is 6.92 Å². The lowest BCUT2D eigenvalue weighted by molar-refractivity contribution is -0.617. The second-order valence-corrected chi connectivity index (χ2v) is 10.1. The smallest absolute Gasteiger partial charge is 0.295 e. The molecule has 0 spiro atoms. The largest absolute Gasteiger partial charge is 0.308 e. The third-order valence-electron chi connectivity index (χ3n) is 8.38. The van der Waals surface area contributed by atoms with Crippen molar-refractivity contribution in [1.29, 1.82) is 0 Å². The average Bonchev–Trinajstić information content (AvgIpc) is 3.54. The van der Waals surface area contributed by atoms with Gasteiger partial charge in [-0.1, -0.05) is 66.7 Å². The number of aryl methyl sites for hydroxylation is 2. The fourth-order valence-corrected chi connectivity index (χ4v) is 6.96. The first-order valence-corrected chi connectivity index (χ1v) is 12.5. The van der Waals surface area contributed by atoms with Crippen molar-refractivity contribution >= 4 is 76.5 Å². The monoisotopic (exact) mass is 460 g/mol. The summed E-state index contributed by atoms with van der Waals surface area (Å²) in [5.74, 6) is 0. The highest BCUT2D eigenvalue weighted by Crippen LogP contribution is 2.43. The van der Waals surface area contributed by atoms with Crippen LogP contribution in [0.4, 0.5) is 0 Å². The van der Waals surface area contributed by atoms with Gasteiger partial charge in [0.1, 0.15) is 0 Å². The zero-order valence-corrected chi connectivity index (χ0v) is 20.1. The summed E-state index contributed by atoms with van der Waals surface area (Å²) in [6, 6.07) is 35.8. The molecule has 0 bridgehead atoms. The van der Waals surface area contributed by atoms with Crippen molar-refractivity contribution in [2.75, 3.05) is 0 Å². The summed E-state index contributed by atoms with van der Waals surface area (Å²) in [6.07, 6.45) is 0. The Kier molecular flexibility index (Phi) is 3.18. The molecule has 0 aliphatic rings. The SMILES string of the molecule is Cc1cccc2c3ccc4c(c5cccc6c7ccccc7n4c65)c3n3c4ccccc4[n+](C)c3c12. The van der Waals surface area contributed by atoms with Gasteiger partial charge in [0.25, 0.3) is 5.65 Å². The van der Waals surface area contributed by atoms with Crippen LogP contribution >= 0.6 is 0 Å². The third-order valence-corrected chi connectivity index (χ3v) is 8.38. The second kappa shape index (κ2) is 6.13. The third kappa shape index (κ3) is 1.94. The van der Waals surface area contributed by atoms with Crippen LogP contribution in [0, 0.1) is 6.92 Å². The summed E-state index contributed by atoms with van der Waals surface area (Å²) in [7, 11) is 2.20. The summed E-state index contributed by atoms with van der Waals surface area (Å²) >= 11 is 0. The standard InChI is InChI=1S/C33H22N3/c1-19-9-7-11-21-23-17-18-28-30(24-13-8-12-22-20-10-3-4-14-25(20)35(28)31(22)24)32(23)36-27-16-6-5-15-26(27)34(2)33(36)29(19)21/h3-18H,1-2H3/q+1. The molecule has 4 aromatic heterocycles. The molecule has 36 heavy (non-hydrogen) atoms. The number of benzene rings is 5. The predicted molar refractivity (Wildman–Crippen MR) is 150 cm³/mol. The van der Waals surface area contributed by atoms with Gasteiger partial charge in [-0.3, -0.25) is 0 Å². The second-order valence-electron chi connectivity index (χ2n) is 10.1. The molecule has 3 heteroatoms. The molecule has 0 unspecified atom stereocenters. The molecule has 0 N–H and O–H groups in total. The molecule has 5 aromatic carbocycles. The van der Waals surface area contributed by atoms with Gasteiger partial charge in [-0.2, -0.15) is 4.40 Å². The Morgan fingerprint density at radius 1 is 0.500 bits per heavy atom. The van der Waals surface area contributed by atoms with E-state index in [1.165, 1.54) is 82.0 Å². The molecule has 0 saturated carbocycles. The van der Waals surface area contributed by atoms with Crippen LogP contribution < -0.4 is 4.57 Å². The molecular weight excluding hydrogens is 438 g/mol. The lowest BCUT2D eigenvalue weighted by atomic mass is 9.99. The van der Waals surface area contributed by atoms with Crippen molar-refractivity contribution in [3.8, 4) is 0 Å². The van der Waals surface area contributed by atoms with E-state index in [9.17, 15) is 0 Å². The maximum Gasteiger partial charge on any atom is 0.295 e. The first-order chi connectivity index (χ1) is 17.7. The van der Waals surface area contributed by atoms with Crippen LogP contribution in [-0.4, -0.2) is 8.80 Å². The molecule has 0 amide bonds. The maximum absolute atomic E-state index is 2.52. The van der Waals surface area contributed by atoms with Crippen molar-refractivity contribution in [2.24, 2.45) is 7.05 Å². The Morgan fingerprint density at radius 2 is 1.19 bits per heavy atom. The summed E-state index contributed by atoms with van der Waals surface area (Å²) in [5, 5.41) is 9.22. The number of para-hydroxylation sites is 4. The van der Waals surface area contributed by atoms with Crippen molar-refractivity contribution in [3.63, 3.8) is 0 Å². The highest BCUT2D eigenvalue weighted by molar-refractivity contribution is 6.31. The van der Waals surface area contributed by atoms with Crippen molar-refractivity contribution in [3.05, 3.63) is 103 Å². The van der Waals surface area contributed by atoms with Crippen LogP contribution in [-0.2, 0) is 7.05 Å². The number of imidazole rings is 1. The van der Waals surface area contributed by atoms with Gasteiger partial charge < -0.3 is 4.40 Å². The Balaban J connectivity index is 1.72. The summed E-state index contributed by atoms with van der Waals surface area (Å²) in [4.78, 5) is 0. The first kappa shape index (κ1) is 18.7. The number of pyridine rings is 1. The molecule has 3 nitrogen and oxygen atoms in total. The van der Waals surface area contributed by atoms with E-state index in [-0.39, 0.29) is 0 Å². The minimum atomic E-state index is 1.24. The van der Waals surface area contributed by atoms with E-state index >= 15 is 0 Å². The normalized spacial score (nSPS) is 12.7. The predicted octanol–water partition coefficient (Wildman–Crippen LogP) is 7.68. The van der Waals surface area contributed by atoms with Gasteiger partial charge in [0, 0.05) is 26.9 Å². The number of rotatable bonds is 0. The number of aromatic nitrogens is 3. The van der Waals surface area contributed by atoms with Gasteiger partial charge in [0.15, 0.2) is 16.6 Å². The van der Waals surface area contributed by atoms with E-state index < -0.39 is 0 Å². The summed E-state index contributed by atoms with van der Waals surface area (Å²) < 4.78 is 7.37. The van der Waals surface area contributed by atoms with Gasteiger partial charge in [-0.25, -0.2) is 4.57 Å². The van der Waals surface area contributed by atoms with Crippen molar-refractivity contribution < 1.29 is 4.57 Å². The fraction of sp³-hybridized carbons (Fsp3) is 0.0606. The van der Waals surface area contributed by atoms with Gasteiger partial charge in [0.2, 0.25) is 0 Å². The van der Waals surface area contributed by atoms with Crippen LogP contribution in [0.15, 0.2) is 97.1 Å². The molecule has 0 fully saturated rings. The Morgan fingerprint density at radius 3 is 2.11 bits per heavy atom. The first-order valence-electron chi connectivity index (χ1n) is 12.5. The highest BCUT2D eigenvalue weighted by atomic mass is 15.1. The number of hydrogen-bond acceptors (Lipinski definition) is 0. The highest BCUT2D eigenvalue weighted by Gasteiger charge is 2.27. The van der Waals surface area contributed by atoms with Gasteiger partial charge in [-0.05, 0) is 42.8 Å². The molecule has 0 radical (unpaired) electrons. The molecule has 0 aliphatic heterocycles. The summed E-state index contributed by atoms with van der Waals surface area (Å²) in [6.45, 7) is 2.23. The zero-order chi connectivity index (χ0) is 23.7. The van der Waals surface area contributed by atoms with E-state index in [0.29, 0.717) is 0 Å². The number of fused-ring (bicyclic) bond motifs is 15. The van der Waals surface area contributed by atoms with Gasteiger partial charge in [0.05, 0.1) is 34.4 Å². The Bertz CT molecular complexity index is 2380. The zero-order valence-electron chi connectivity index (χ0n) is 20.1. The lowest BCUT2D eigenvalue weighted by Crippen LogP contribution is -2.27. The fourth-order valence-electron chi connectivity index (χ4n) is 6.96. The van der Waals surface area contributed by atoms with E-state index in [0.717, 1.165) is 0 Å². The maximum atomic E-state index is 2.52. The van der Waals surface area contributed by atoms with Gasteiger partial charge >= 0.3 is 0 Å². The molecule has 0 atom stereocenters. The van der Waals surface area contributed by atoms with Crippen LogP contribution in [0.2, 0.25) is 0 Å². The lowest BCUT2D eigenvalue weighted by Gasteiger charge is -2.09. The van der Waals surface area contributed by atoms with Crippen LogP contribution in [0.5, 0.6) is 0 Å². The van der Waals surface area contributed by atoms with Gasteiger partial charge in [-0.15, -0.1) is 0 Å². The molecule has 9 rings (SSSR count). The van der Waals surface area contributed by atoms with Crippen LogP contribution in [0.25, 0.3) is 76.5 Å². The Hall–Kier alpha value is -4.63. The van der Waals surface area contributed by atoms with E-state index in [4.69, 9.17) is 0 Å². The number of nitrogens with zero attached hydrogens (tertiary/aromatic N) is 3. The quantitative estimate of drug-likeness (QED) is 0.163. The van der Waals surface area contributed by atoms with Crippen molar-refractivity contribution in [1.82, 2.24) is 8.80 Å². The average molecular weight is 461 g/mol. The minimum absolute atomic E-state index is 1.24. The Labute approximate surface area is 206 Å². The van der Waals surface area contributed by atoms with E-state index in [2.05, 4.69) is 124 Å². The van der Waals surface area contributed by atoms with Crippen LogP contribution in [0.1, 0.15) is 5.56 Å². The molecule has 0 aliphatic carbocycles. The van der Waals surface area contributed by atoms with Crippen LogP contribution in [0.3, 0.4) is 0 Å². The molecular formula is C33H22N3+. The summed E-state index contributed by atoms with van der Waals surface area (Å²) in [5.41, 5.74) is 10.2. The molecule has 9 aromatic rings. The molecule has 4 heterocycles. The van der Waals surface area contributed by atoms with E-state index in [1.807, 2.05) is 0 Å². The topological polar surface area (TPSA) is 12.7 Å². The molecule has 0 saturated heterocycles. The molecule has 168 valence electrons. The minimum Gasteiger partial charge on any atom is -0.308 e.